The van der Waals surface area contributed by atoms with Crippen molar-refractivity contribution in [3.63, 3.8) is 0 Å². The van der Waals surface area contributed by atoms with Gasteiger partial charge < -0.3 is 19.8 Å². The molecule has 1 heterocycles. The van der Waals surface area contributed by atoms with Crippen molar-refractivity contribution in [2.45, 2.75) is 6.42 Å². The number of hydrogen-bond acceptors (Lipinski definition) is 6. The molecule has 0 atom stereocenters. The first kappa shape index (κ1) is 13.0. The fraction of sp³-hybridized carbons (Fsp3) is 0.0667. The second-order valence-corrected chi connectivity index (χ2v) is 4.56. The van der Waals surface area contributed by atoms with Gasteiger partial charge in [0.15, 0.2) is 11.5 Å². The van der Waals surface area contributed by atoms with Crippen LogP contribution in [0.4, 0.5) is 0 Å². The maximum Gasteiger partial charge on any atom is 0.231 e. The van der Waals surface area contributed by atoms with Crippen LogP contribution < -0.4 is 0 Å². The normalized spacial score (nSPS) is 10.7. The zero-order valence-electron chi connectivity index (χ0n) is 10.9. The Balaban J connectivity index is 1.82. The molecule has 3 rings (SSSR count). The van der Waals surface area contributed by atoms with Crippen LogP contribution in [0, 0.1) is 0 Å². The minimum atomic E-state index is -0.239. The van der Waals surface area contributed by atoms with E-state index in [2.05, 4.69) is 10.1 Å². The van der Waals surface area contributed by atoms with Crippen LogP contribution in [0.5, 0.6) is 17.2 Å². The molecule has 0 saturated carbocycles. The number of aromatic nitrogens is 2. The standard InChI is InChI=1S/C15H12N2O4/c18-11-4-1-9(2-5-11)7-14-16-15(17-21-14)10-3-6-12(19)13(20)8-10/h1-6,8,18-20H,7H2. The van der Waals surface area contributed by atoms with E-state index in [1.807, 2.05) is 0 Å². The van der Waals surface area contributed by atoms with Crippen molar-refractivity contribution < 1.29 is 19.8 Å². The average Bonchev–Trinajstić information content (AvgIpc) is 2.93. The minimum Gasteiger partial charge on any atom is -0.508 e. The highest BCUT2D eigenvalue weighted by Gasteiger charge is 2.11. The smallest absolute Gasteiger partial charge is 0.231 e. The molecule has 21 heavy (non-hydrogen) atoms. The van der Waals surface area contributed by atoms with Crippen LogP contribution in [-0.4, -0.2) is 25.5 Å². The number of hydrogen-bond donors (Lipinski definition) is 3. The molecule has 0 aliphatic rings. The van der Waals surface area contributed by atoms with Crippen molar-refractivity contribution in [2.75, 3.05) is 0 Å². The second kappa shape index (κ2) is 5.16. The minimum absolute atomic E-state index is 0.199. The van der Waals surface area contributed by atoms with Crippen molar-refractivity contribution in [3.05, 3.63) is 53.9 Å². The molecule has 6 nitrogen and oxygen atoms in total. The Hall–Kier alpha value is -3.02. The summed E-state index contributed by atoms with van der Waals surface area (Å²) in [5, 5.41) is 31.8. The van der Waals surface area contributed by atoms with E-state index < -0.39 is 0 Å². The SMILES string of the molecule is Oc1ccc(Cc2nc(-c3ccc(O)c(O)c3)no2)cc1. The number of nitrogens with zero attached hydrogens (tertiary/aromatic N) is 2. The van der Waals surface area contributed by atoms with Crippen LogP contribution in [0.3, 0.4) is 0 Å². The van der Waals surface area contributed by atoms with Crippen molar-refractivity contribution in [1.29, 1.82) is 0 Å². The van der Waals surface area contributed by atoms with Crippen LogP contribution in [0.15, 0.2) is 47.0 Å². The van der Waals surface area contributed by atoms with Gasteiger partial charge in [-0.3, -0.25) is 0 Å². The highest BCUT2D eigenvalue weighted by molar-refractivity contribution is 5.59. The lowest BCUT2D eigenvalue weighted by atomic mass is 10.1. The Kier molecular flexibility index (Phi) is 3.19. The van der Waals surface area contributed by atoms with E-state index in [4.69, 9.17) is 4.52 Å². The van der Waals surface area contributed by atoms with Gasteiger partial charge in [-0.2, -0.15) is 4.98 Å². The van der Waals surface area contributed by atoms with E-state index in [0.29, 0.717) is 23.7 Å². The molecule has 1 aromatic heterocycles. The molecule has 0 radical (unpaired) electrons. The lowest BCUT2D eigenvalue weighted by molar-refractivity contribution is 0.385. The highest BCUT2D eigenvalue weighted by atomic mass is 16.5. The quantitative estimate of drug-likeness (QED) is 0.639. The Morgan fingerprint density at radius 3 is 2.38 bits per heavy atom. The third-order valence-corrected chi connectivity index (χ3v) is 2.99. The number of rotatable bonds is 3. The molecule has 0 fully saturated rings. The van der Waals surface area contributed by atoms with Crippen molar-refractivity contribution >= 4 is 0 Å². The molecule has 0 amide bonds. The highest BCUT2D eigenvalue weighted by Crippen LogP contribution is 2.29. The van der Waals surface area contributed by atoms with Crippen LogP contribution in [0.1, 0.15) is 11.5 Å². The lowest BCUT2D eigenvalue weighted by Crippen LogP contribution is -1.88. The predicted molar refractivity (Wildman–Crippen MR) is 74.0 cm³/mol. The summed E-state index contributed by atoms with van der Waals surface area (Å²) in [6.07, 6.45) is 0.442. The Morgan fingerprint density at radius 2 is 1.67 bits per heavy atom. The van der Waals surface area contributed by atoms with Gasteiger partial charge in [-0.15, -0.1) is 0 Å². The molecule has 6 heteroatoms. The van der Waals surface area contributed by atoms with Gasteiger partial charge in [0.2, 0.25) is 11.7 Å². The van der Waals surface area contributed by atoms with Crippen molar-refractivity contribution in [2.24, 2.45) is 0 Å². The monoisotopic (exact) mass is 284 g/mol. The van der Waals surface area contributed by atoms with E-state index >= 15 is 0 Å². The number of aromatic hydroxyl groups is 3. The number of phenols is 3. The topological polar surface area (TPSA) is 99.6 Å². The first-order valence-electron chi connectivity index (χ1n) is 6.24. The molecule has 0 unspecified atom stereocenters. The van der Waals surface area contributed by atoms with Gasteiger partial charge >= 0.3 is 0 Å². The molecule has 0 aliphatic heterocycles. The van der Waals surface area contributed by atoms with E-state index in [0.717, 1.165) is 5.56 Å². The molecule has 0 spiro atoms. The van der Waals surface area contributed by atoms with Gasteiger partial charge in [0.25, 0.3) is 0 Å². The van der Waals surface area contributed by atoms with Crippen LogP contribution in [-0.2, 0) is 6.42 Å². The first-order valence-corrected chi connectivity index (χ1v) is 6.24. The summed E-state index contributed by atoms with van der Waals surface area (Å²) in [7, 11) is 0. The zero-order valence-corrected chi connectivity index (χ0v) is 10.9. The van der Waals surface area contributed by atoms with Gasteiger partial charge in [-0.25, -0.2) is 0 Å². The molecular formula is C15H12N2O4. The van der Waals surface area contributed by atoms with Crippen LogP contribution in [0.2, 0.25) is 0 Å². The maximum absolute atomic E-state index is 9.47. The van der Waals surface area contributed by atoms with Crippen LogP contribution in [0.25, 0.3) is 11.4 Å². The van der Waals surface area contributed by atoms with Gasteiger partial charge in [-0.05, 0) is 35.9 Å². The third kappa shape index (κ3) is 2.79. The van der Waals surface area contributed by atoms with Crippen molar-refractivity contribution in [3.8, 4) is 28.6 Å². The summed E-state index contributed by atoms with van der Waals surface area (Å²) in [6, 6.07) is 11.0. The summed E-state index contributed by atoms with van der Waals surface area (Å²) in [5.41, 5.74) is 1.47. The Bertz CT molecular complexity index is 766. The molecule has 0 saturated heterocycles. The average molecular weight is 284 g/mol. The Morgan fingerprint density at radius 1 is 0.905 bits per heavy atom. The summed E-state index contributed by atoms with van der Waals surface area (Å²) >= 11 is 0. The van der Waals surface area contributed by atoms with Gasteiger partial charge in [0.05, 0.1) is 6.42 Å². The van der Waals surface area contributed by atoms with Crippen LogP contribution >= 0.6 is 0 Å². The number of benzene rings is 2. The fourth-order valence-electron chi connectivity index (χ4n) is 1.89. The molecule has 0 aliphatic carbocycles. The summed E-state index contributed by atoms with van der Waals surface area (Å²) in [4.78, 5) is 4.24. The summed E-state index contributed by atoms with van der Waals surface area (Å²) in [6.45, 7) is 0. The molecule has 0 bridgehead atoms. The molecule has 2 aromatic carbocycles. The number of phenolic OH excluding ortho intramolecular Hbond substituents is 3. The Labute approximate surface area is 119 Å². The third-order valence-electron chi connectivity index (χ3n) is 2.99. The van der Waals surface area contributed by atoms with Gasteiger partial charge in [-0.1, -0.05) is 17.3 Å². The van der Waals surface area contributed by atoms with E-state index in [1.165, 1.54) is 12.1 Å². The fourth-order valence-corrected chi connectivity index (χ4v) is 1.89. The summed E-state index contributed by atoms with van der Waals surface area (Å²) in [5.74, 6) is 0.510. The molecule has 3 N–H and O–H groups in total. The summed E-state index contributed by atoms with van der Waals surface area (Å²) < 4.78 is 5.16. The molecular weight excluding hydrogens is 272 g/mol. The second-order valence-electron chi connectivity index (χ2n) is 4.56. The lowest BCUT2D eigenvalue weighted by Gasteiger charge is -1.98. The molecule has 3 aromatic rings. The maximum atomic E-state index is 9.47. The zero-order chi connectivity index (χ0) is 14.8. The molecule has 106 valence electrons. The van der Waals surface area contributed by atoms with Gasteiger partial charge in [0.1, 0.15) is 5.75 Å². The van der Waals surface area contributed by atoms with E-state index in [-0.39, 0.29) is 17.2 Å². The van der Waals surface area contributed by atoms with E-state index in [1.54, 1.807) is 30.3 Å². The first-order chi connectivity index (χ1) is 10.1. The van der Waals surface area contributed by atoms with Crippen molar-refractivity contribution in [1.82, 2.24) is 10.1 Å². The van der Waals surface area contributed by atoms with E-state index in [9.17, 15) is 15.3 Å². The van der Waals surface area contributed by atoms with Gasteiger partial charge in [0, 0.05) is 5.56 Å². The largest absolute Gasteiger partial charge is 0.508 e. The predicted octanol–water partition coefficient (Wildman–Crippen LogP) is 2.44.